The fourth-order valence-corrected chi connectivity index (χ4v) is 7.09. The van der Waals surface area contributed by atoms with Crippen LogP contribution >= 0.6 is 15.2 Å². The molecule has 2 rings (SSSR count). The summed E-state index contributed by atoms with van der Waals surface area (Å²) in [6, 6.07) is 7.25. The summed E-state index contributed by atoms with van der Waals surface area (Å²) in [6.45, 7) is 27.9. The molecule has 2 atom stereocenters. The van der Waals surface area contributed by atoms with Crippen molar-refractivity contribution in [2.24, 2.45) is 0 Å². The molecule has 0 saturated carbocycles. The van der Waals surface area contributed by atoms with Gasteiger partial charge in [-0.3, -0.25) is 9.13 Å². The number of hydrogen-bond acceptors (Lipinski definition) is 6. The van der Waals surface area contributed by atoms with Gasteiger partial charge < -0.3 is 29.0 Å². The van der Waals surface area contributed by atoms with Crippen LogP contribution in [-0.2, 0) is 52.2 Å². The first-order valence-electron chi connectivity index (χ1n) is 15.2. The van der Waals surface area contributed by atoms with Gasteiger partial charge in [0.15, 0.2) is 0 Å². The van der Waals surface area contributed by atoms with Crippen molar-refractivity contribution in [3.63, 3.8) is 0 Å². The number of aromatic hydroxyl groups is 2. The van der Waals surface area contributed by atoms with Crippen molar-refractivity contribution in [2.75, 3.05) is 13.2 Å². The Kier molecular flexibility index (Phi) is 16.2. The molecule has 0 aliphatic heterocycles. The topological polar surface area (TPSA) is 134 Å². The molecule has 11 heteroatoms. The number of benzene rings is 2. The van der Waals surface area contributed by atoms with Crippen molar-refractivity contribution < 1.29 is 38.2 Å². The van der Waals surface area contributed by atoms with E-state index in [2.05, 4.69) is 0 Å². The summed E-state index contributed by atoms with van der Waals surface area (Å²) in [5, 5.41) is 21.2. The van der Waals surface area contributed by atoms with Crippen LogP contribution in [0.15, 0.2) is 24.3 Å². The molecule has 2 unspecified atom stereocenters. The minimum Gasteiger partial charge on any atom is -0.507 e. The van der Waals surface area contributed by atoms with E-state index in [-0.39, 0.29) is 96.4 Å². The minimum atomic E-state index is -3.66. The molecule has 2 aromatic rings. The number of rotatable bonds is 8. The van der Waals surface area contributed by atoms with Crippen molar-refractivity contribution in [1.82, 2.24) is 0 Å². The van der Waals surface area contributed by atoms with Crippen molar-refractivity contribution in [2.45, 2.75) is 131 Å². The first-order valence-corrected chi connectivity index (χ1v) is 18.7. The Hall–Kier alpha value is -0.400. The standard InChI is InChI=1S/2C17H29O4P.Ca/c2*1-8-21-22(19,20)11-12-9-13(16(2,3)4)15(18)14(10-12)17(5,6)7;/h2*9-10,18H,8,11H2,1-7H3,(H,19,20);. The van der Waals surface area contributed by atoms with Gasteiger partial charge in [0.1, 0.15) is 11.5 Å². The summed E-state index contributed by atoms with van der Waals surface area (Å²) < 4.78 is 34.0. The Labute approximate surface area is 302 Å². The van der Waals surface area contributed by atoms with Gasteiger partial charge in [0.2, 0.25) is 0 Å². The largest absolute Gasteiger partial charge is 0.507 e. The van der Waals surface area contributed by atoms with E-state index < -0.39 is 15.2 Å². The summed E-state index contributed by atoms with van der Waals surface area (Å²) >= 11 is 0. The minimum absolute atomic E-state index is 0. The van der Waals surface area contributed by atoms with Crippen molar-refractivity contribution >= 4 is 52.9 Å². The Morgan fingerprint density at radius 2 is 0.733 bits per heavy atom. The van der Waals surface area contributed by atoms with Gasteiger partial charge in [0.05, 0.1) is 25.5 Å². The van der Waals surface area contributed by atoms with Crippen molar-refractivity contribution in [1.29, 1.82) is 0 Å². The van der Waals surface area contributed by atoms with Gasteiger partial charge >= 0.3 is 15.2 Å². The Bertz CT molecular complexity index is 1200. The average molecular weight is 697 g/mol. The molecule has 45 heavy (non-hydrogen) atoms. The van der Waals surface area contributed by atoms with E-state index in [0.29, 0.717) is 11.1 Å². The zero-order chi connectivity index (χ0) is 34.7. The third-order valence-corrected chi connectivity index (χ3v) is 9.85. The number of phenolic OH excluding ortho intramolecular Hbond substituents is 2. The van der Waals surface area contributed by atoms with E-state index in [1.807, 2.05) is 107 Å². The van der Waals surface area contributed by atoms with E-state index in [1.165, 1.54) is 0 Å². The normalized spacial score (nSPS) is 15.3. The zero-order valence-corrected chi connectivity index (χ0v) is 34.2. The molecule has 8 nitrogen and oxygen atoms in total. The van der Waals surface area contributed by atoms with Crippen molar-refractivity contribution in [3.05, 3.63) is 57.6 Å². The van der Waals surface area contributed by atoms with Crippen LogP contribution in [0.2, 0.25) is 0 Å². The van der Waals surface area contributed by atoms with Crippen LogP contribution in [0.3, 0.4) is 0 Å². The molecule has 0 aromatic heterocycles. The van der Waals surface area contributed by atoms with E-state index in [9.17, 15) is 29.1 Å². The quantitative estimate of drug-likeness (QED) is 0.159. The Balaban J connectivity index is 0.000000842. The number of phenols is 2. The Morgan fingerprint density at radius 3 is 0.889 bits per heavy atom. The zero-order valence-electron chi connectivity index (χ0n) is 30.2. The molecule has 2 radical (unpaired) electrons. The smallest absolute Gasteiger partial charge is 0.332 e. The molecule has 0 heterocycles. The van der Waals surface area contributed by atoms with Gasteiger partial charge in [-0.2, -0.15) is 0 Å². The molecule has 2 aromatic carbocycles. The average Bonchev–Trinajstić information content (AvgIpc) is 2.78. The van der Waals surface area contributed by atoms with Gasteiger partial charge in [-0.05, 0) is 68.9 Å². The predicted molar refractivity (Wildman–Crippen MR) is 187 cm³/mol. The Morgan fingerprint density at radius 1 is 0.533 bits per heavy atom. The molecule has 0 aliphatic carbocycles. The first-order chi connectivity index (χ1) is 19.6. The summed E-state index contributed by atoms with van der Waals surface area (Å²) in [6.07, 6.45) is -0.0967. The molecule has 0 fully saturated rings. The number of hydrogen-bond donors (Lipinski definition) is 4. The van der Waals surface area contributed by atoms with Gasteiger partial charge in [0.25, 0.3) is 0 Å². The molecular formula is C34H58CaO8P2. The fourth-order valence-electron chi connectivity index (χ4n) is 4.81. The maximum Gasteiger partial charge on any atom is 0.332 e. The van der Waals surface area contributed by atoms with Crippen LogP contribution in [0, 0.1) is 0 Å². The van der Waals surface area contributed by atoms with E-state index in [4.69, 9.17) is 9.05 Å². The maximum absolute atomic E-state index is 12.1. The fraction of sp³-hybridized carbons (Fsp3) is 0.647. The molecule has 0 bridgehead atoms. The molecule has 0 amide bonds. The van der Waals surface area contributed by atoms with Crippen molar-refractivity contribution in [3.8, 4) is 11.5 Å². The van der Waals surface area contributed by atoms with E-state index in [1.54, 1.807) is 13.8 Å². The third kappa shape index (κ3) is 13.9. The second-order valence-electron chi connectivity index (χ2n) is 15.5. The van der Waals surface area contributed by atoms with Crippen LogP contribution in [0.5, 0.6) is 11.5 Å². The third-order valence-electron chi connectivity index (χ3n) is 7.00. The molecule has 0 spiro atoms. The van der Waals surface area contributed by atoms with E-state index in [0.717, 1.165) is 22.3 Å². The van der Waals surface area contributed by atoms with Crippen LogP contribution in [0.1, 0.15) is 130 Å². The monoisotopic (exact) mass is 696 g/mol. The van der Waals surface area contributed by atoms with Gasteiger partial charge in [-0.15, -0.1) is 0 Å². The SMILES string of the molecule is CCOP(=O)(O)Cc1cc(C(C)(C)C)c(O)c(C(C)(C)C)c1.CCOP(=O)(O)Cc1cc(C(C)(C)C)c(O)c(C(C)(C)C)c1.[Ca]. The van der Waals surface area contributed by atoms with E-state index >= 15 is 0 Å². The predicted octanol–water partition coefficient (Wildman–Crippen LogP) is 9.04. The van der Waals surface area contributed by atoms with Gasteiger partial charge in [0, 0.05) is 37.7 Å². The van der Waals surface area contributed by atoms with Gasteiger partial charge in [-0.25, -0.2) is 0 Å². The summed E-state index contributed by atoms with van der Waals surface area (Å²) in [5.41, 5.74) is 3.53. The molecule has 254 valence electrons. The summed E-state index contributed by atoms with van der Waals surface area (Å²) in [4.78, 5) is 19.8. The first kappa shape index (κ1) is 44.6. The second kappa shape index (κ2) is 16.3. The van der Waals surface area contributed by atoms with Crippen LogP contribution in [-0.4, -0.2) is 71.0 Å². The van der Waals surface area contributed by atoms with Crippen LogP contribution < -0.4 is 0 Å². The molecule has 4 N–H and O–H groups in total. The molecule has 0 saturated heterocycles. The second-order valence-corrected chi connectivity index (χ2v) is 19.2. The molecular weight excluding hydrogens is 638 g/mol. The van der Waals surface area contributed by atoms with Crippen LogP contribution in [0.4, 0.5) is 0 Å². The molecule has 0 aliphatic rings. The summed E-state index contributed by atoms with van der Waals surface area (Å²) in [7, 11) is -7.31. The maximum atomic E-state index is 12.1. The summed E-state index contributed by atoms with van der Waals surface area (Å²) in [5.74, 6) is 0.542. The van der Waals surface area contributed by atoms with Crippen LogP contribution in [0.25, 0.3) is 0 Å². The van der Waals surface area contributed by atoms with Gasteiger partial charge in [-0.1, -0.05) is 107 Å².